The molecule has 2 fully saturated rings. The monoisotopic (exact) mass is 230 g/mol. The third-order valence-corrected chi connectivity index (χ3v) is 4.99. The number of hydrogen-bond acceptors (Lipinski definition) is 3. The lowest BCUT2D eigenvalue weighted by atomic mass is 9.79. The molecule has 88 valence electrons. The summed E-state index contributed by atoms with van der Waals surface area (Å²) in [5.41, 5.74) is 0.115. The quantitative estimate of drug-likeness (QED) is 0.789. The van der Waals surface area contributed by atoms with Gasteiger partial charge in [-0.2, -0.15) is 11.8 Å². The van der Waals surface area contributed by atoms with Gasteiger partial charge in [-0.3, -0.25) is 0 Å². The maximum absolute atomic E-state index is 10.1. The number of ether oxygens (including phenoxy) is 1. The van der Waals surface area contributed by atoms with Gasteiger partial charge in [0.05, 0.1) is 11.7 Å². The van der Waals surface area contributed by atoms with Gasteiger partial charge < -0.3 is 9.84 Å². The number of aliphatic hydroxyl groups excluding tert-OH is 1. The highest BCUT2D eigenvalue weighted by Crippen LogP contribution is 2.41. The Hall–Kier alpha value is 0.270. The van der Waals surface area contributed by atoms with Gasteiger partial charge in [-0.1, -0.05) is 13.8 Å². The normalized spacial score (nSPS) is 38.8. The molecular weight excluding hydrogens is 208 g/mol. The fourth-order valence-corrected chi connectivity index (χ4v) is 4.14. The molecule has 0 amide bonds. The van der Waals surface area contributed by atoms with Crippen LogP contribution in [0.2, 0.25) is 0 Å². The summed E-state index contributed by atoms with van der Waals surface area (Å²) in [6.45, 7) is 5.06. The van der Waals surface area contributed by atoms with E-state index in [2.05, 4.69) is 13.8 Å². The van der Waals surface area contributed by atoms with Crippen molar-refractivity contribution in [3.8, 4) is 0 Å². The Morgan fingerprint density at radius 1 is 1.47 bits per heavy atom. The van der Waals surface area contributed by atoms with Crippen molar-refractivity contribution in [1.29, 1.82) is 0 Å². The Morgan fingerprint density at radius 2 is 2.27 bits per heavy atom. The van der Waals surface area contributed by atoms with Crippen LogP contribution in [0.1, 0.15) is 33.1 Å². The molecule has 0 aromatic carbocycles. The molecule has 0 radical (unpaired) electrons. The molecule has 2 aliphatic rings. The second-order valence-corrected chi connectivity index (χ2v) is 6.43. The molecule has 2 nitrogen and oxygen atoms in total. The van der Waals surface area contributed by atoms with Gasteiger partial charge >= 0.3 is 0 Å². The molecule has 2 heterocycles. The van der Waals surface area contributed by atoms with E-state index in [4.69, 9.17) is 4.74 Å². The first kappa shape index (κ1) is 11.7. The zero-order valence-corrected chi connectivity index (χ0v) is 10.6. The first-order chi connectivity index (χ1) is 7.13. The number of aliphatic hydroxyl groups is 1. The van der Waals surface area contributed by atoms with E-state index in [1.54, 1.807) is 0 Å². The zero-order chi connectivity index (χ0) is 10.9. The standard InChI is InChI=1S/C12H22O2S/c1-9(2)11(13)10-3-5-14-12(7-10)4-6-15-8-12/h9-11,13H,3-8H2,1-2H3. The minimum Gasteiger partial charge on any atom is -0.393 e. The maximum Gasteiger partial charge on any atom is 0.0783 e. The second kappa shape index (κ2) is 4.64. The summed E-state index contributed by atoms with van der Waals surface area (Å²) in [5.74, 6) is 3.19. The van der Waals surface area contributed by atoms with Crippen LogP contribution in [0.4, 0.5) is 0 Å². The Balaban J connectivity index is 1.97. The van der Waals surface area contributed by atoms with E-state index in [1.165, 1.54) is 12.2 Å². The van der Waals surface area contributed by atoms with Crippen molar-refractivity contribution in [1.82, 2.24) is 0 Å². The van der Waals surface area contributed by atoms with Crippen molar-refractivity contribution in [2.24, 2.45) is 11.8 Å². The highest BCUT2D eigenvalue weighted by Gasteiger charge is 2.42. The van der Waals surface area contributed by atoms with Crippen LogP contribution in [-0.2, 0) is 4.74 Å². The zero-order valence-electron chi connectivity index (χ0n) is 9.74. The Labute approximate surface area is 96.8 Å². The summed E-state index contributed by atoms with van der Waals surface area (Å²) in [7, 11) is 0. The molecule has 2 rings (SSSR count). The lowest BCUT2D eigenvalue weighted by molar-refractivity contribution is -0.107. The van der Waals surface area contributed by atoms with Gasteiger partial charge in [0.1, 0.15) is 0 Å². The minimum absolute atomic E-state index is 0.115. The van der Waals surface area contributed by atoms with E-state index in [-0.39, 0.29) is 11.7 Å². The summed E-state index contributed by atoms with van der Waals surface area (Å²) in [4.78, 5) is 0. The van der Waals surface area contributed by atoms with Gasteiger partial charge in [0.2, 0.25) is 0 Å². The molecule has 2 saturated heterocycles. The van der Waals surface area contributed by atoms with E-state index in [9.17, 15) is 5.11 Å². The van der Waals surface area contributed by atoms with Gasteiger partial charge in [-0.25, -0.2) is 0 Å². The van der Waals surface area contributed by atoms with Crippen LogP contribution in [0, 0.1) is 11.8 Å². The molecule has 0 aromatic rings. The maximum atomic E-state index is 10.1. The highest BCUT2D eigenvalue weighted by molar-refractivity contribution is 7.99. The van der Waals surface area contributed by atoms with E-state index in [1.807, 2.05) is 11.8 Å². The van der Waals surface area contributed by atoms with Crippen LogP contribution in [0.5, 0.6) is 0 Å². The molecule has 0 aromatic heterocycles. The number of hydrogen-bond donors (Lipinski definition) is 1. The summed E-state index contributed by atoms with van der Waals surface area (Å²) in [6, 6.07) is 0. The molecule has 3 atom stereocenters. The highest BCUT2D eigenvalue weighted by atomic mass is 32.2. The third-order valence-electron chi connectivity index (χ3n) is 3.76. The molecule has 15 heavy (non-hydrogen) atoms. The molecule has 1 N–H and O–H groups in total. The molecule has 2 aliphatic heterocycles. The second-order valence-electron chi connectivity index (χ2n) is 5.32. The van der Waals surface area contributed by atoms with Crippen LogP contribution in [-0.4, -0.2) is 34.9 Å². The van der Waals surface area contributed by atoms with Crippen molar-refractivity contribution in [3.63, 3.8) is 0 Å². The number of thioether (sulfide) groups is 1. The van der Waals surface area contributed by atoms with Crippen molar-refractivity contribution in [2.75, 3.05) is 18.1 Å². The topological polar surface area (TPSA) is 29.5 Å². The molecule has 3 unspecified atom stereocenters. The fourth-order valence-electron chi connectivity index (χ4n) is 2.76. The molecular formula is C12H22O2S. The molecule has 3 heteroatoms. The predicted octanol–water partition coefficient (Wildman–Crippen LogP) is 2.31. The SMILES string of the molecule is CC(C)C(O)C1CCOC2(CCSC2)C1. The average Bonchev–Trinajstić information content (AvgIpc) is 2.65. The van der Waals surface area contributed by atoms with Crippen LogP contribution in [0.15, 0.2) is 0 Å². The van der Waals surface area contributed by atoms with Crippen molar-refractivity contribution < 1.29 is 9.84 Å². The lowest BCUT2D eigenvalue weighted by Gasteiger charge is -2.40. The smallest absolute Gasteiger partial charge is 0.0783 e. The first-order valence-electron chi connectivity index (χ1n) is 6.03. The summed E-state index contributed by atoms with van der Waals surface area (Å²) >= 11 is 1.99. The fraction of sp³-hybridized carbons (Fsp3) is 1.00. The predicted molar refractivity (Wildman–Crippen MR) is 64.2 cm³/mol. The Kier molecular flexibility index (Phi) is 3.63. The molecule has 0 saturated carbocycles. The van der Waals surface area contributed by atoms with Crippen LogP contribution in [0.3, 0.4) is 0 Å². The Morgan fingerprint density at radius 3 is 2.87 bits per heavy atom. The summed E-state index contributed by atoms with van der Waals surface area (Å²) in [6.07, 6.45) is 3.14. The van der Waals surface area contributed by atoms with Crippen LogP contribution in [0.25, 0.3) is 0 Å². The van der Waals surface area contributed by atoms with Crippen molar-refractivity contribution >= 4 is 11.8 Å². The first-order valence-corrected chi connectivity index (χ1v) is 7.18. The van der Waals surface area contributed by atoms with E-state index in [0.29, 0.717) is 11.8 Å². The van der Waals surface area contributed by atoms with Crippen molar-refractivity contribution in [2.45, 2.75) is 44.8 Å². The molecule has 0 aliphatic carbocycles. The largest absolute Gasteiger partial charge is 0.393 e. The molecule has 0 bridgehead atoms. The van der Waals surface area contributed by atoms with Crippen molar-refractivity contribution in [3.05, 3.63) is 0 Å². The van der Waals surface area contributed by atoms with Gasteiger partial charge in [0, 0.05) is 12.4 Å². The summed E-state index contributed by atoms with van der Waals surface area (Å²) < 4.78 is 5.95. The number of rotatable bonds is 2. The third kappa shape index (κ3) is 2.51. The van der Waals surface area contributed by atoms with Crippen LogP contribution >= 0.6 is 11.8 Å². The van der Waals surface area contributed by atoms with Gasteiger partial charge in [0.25, 0.3) is 0 Å². The van der Waals surface area contributed by atoms with Gasteiger partial charge in [0.15, 0.2) is 0 Å². The van der Waals surface area contributed by atoms with E-state index < -0.39 is 0 Å². The van der Waals surface area contributed by atoms with E-state index in [0.717, 1.165) is 25.2 Å². The van der Waals surface area contributed by atoms with E-state index >= 15 is 0 Å². The minimum atomic E-state index is -0.142. The Bertz CT molecular complexity index is 212. The summed E-state index contributed by atoms with van der Waals surface area (Å²) in [5, 5.41) is 10.1. The van der Waals surface area contributed by atoms with Gasteiger partial charge in [-0.05, 0) is 36.9 Å². The lowest BCUT2D eigenvalue weighted by Crippen LogP contribution is -2.44. The molecule has 1 spiro atoms. The van der Waals surface area contributed by atoms with Gasteiger partial charge in [-0.15, -0.1) is 0 Å². The van der Waals surface area contributed by atoms with Crippen LogP contribution < -0.4 is 0 Å². The average molecular weight is 230 g/mol.